The van der Waals surface area contributed by atoms with Gasteiger partial charge >= 0.3 is 0 Å². The van der Waals surface area contributed by atoms with Gasteiger partial charge in [-0.1, -0.05) is 12.1 Å². The minimum atomic E-state index is -0.406. The second-order valence-corrected chi connectivity index (χ2v) is 6.12. The van der Waals surface area contributed by atoms with Gasteiger partial charge in [0.2, 0.25) is 5.91 Å². The molecule has 3 rings (SSSR count). The van der Waals surface area contributed by atoms with Crippen molar-refractivity contribution in [2.75, 3.05) is 19.6 Å². The maximum atomic E-state index is 12.9. The van der Waals surface area contributed by atoms with Crippen molar-refractivity contribution in [2.45, 2.75) is 31.4 Å². The van der Waals surface area contributed by atoms with Crippen LogP contribution in [0.3, 0.4) is 0 Å². The minimum absolute atomic E-state index is 0.105. The van der Waals surface area contributed by atoms with Crippen LogP contribution in [0.5, 0.6) is 0 Å². The Kier molecular flexibility index (Phi) is 4.22. The normalized spacial score (nSPS) is 29.0. The van der Waals surface area contributed by atoms with Gasteiger partial charge in [-0.15, -0.1) is 0 Å². The number of β-amino-alcohol motifs (C(OH)–C–C–N with tert-alkyl or cyclic N) is 1. The molecule has 0 radical (unpaired) electrons. The molecule has 0 spiro atoms. The van der Waals surface area contributed by atoms with Gasteiger partial charge in [0.1, 0.15) is 5.82 Å². The second-order valence-electron chi connectivity index (χ2n) is 6.12. The number of aliphatic hydroxyl groups excluding tert-OH is 1. The number of benzene rings is 1. The van der Waals surface area contributed by atoms with Crippen LogP contribution in [0.4, 0.5) is 4.39 Å². The van der Waals surface area contributed by atoms with E-state index in [0.717, 1.165) is 31.5 Å². The molecule has 21 heavy (non-hydrogen) atoms. The number of carbonyl (C=O) groups is 1. The molecule has 0 aliphatic carbocycles. The van der Waals surface area contributed by atoms with Crippen molar-refractivity contribution in [1.82, 2.24) is 10.2 Å². The van der Waals surface area contributed by atoms with E-state index in [4.69, 9.17) is 0 Å². The highest BCUT2D eigenvalue weighted by Gasteiger charge is 2.34. The fourth-order valence-electron chi connectivity index (χ4n) is 3.28. The number of aliphatic hydroxyl groups is 1. The van der Waals surface area contributed by atoms with Crippen molar-refractivity contribution < 1.29 is 14.3 Å². The third kappa shape index (κ3) is 3.41. The lowest BCUT2D eigenvalue weighted by atomic mass is 9.99. The van der Waals surface area contributed by atoms with Crippen LogP contribution in [0.25, 0.3) is 0 Å². The smallest absolute Gasteiger partial charge is 0.239 e. The van der Waals surface area contributed by atoms with Crippen LogP contribution in [0.15, 0.2) is 24.3 Å². The van der Waals surface area contributed by atoms with Gasteiger partial charge in [-0.3, -0.25) is 4.79 Å². The molecule has 0 saturated carbocycles. The van der Waals surface area contributed by atoms with Crippen molar-refractivity contribution in [1.29, 1.82) is 0 Å². The Bertz CT molecular complexity index is 506. The zero-order valence-electron chi connectivity index (χ0n) is 12.0. The molecule has 0 aromatic heterocycles. The van der Waals surface area contributed by atoms with E-state index in [9.17, 15) is 14.3 Å². The molecule has 114 valence electrons. The zero-order chi connectivity index (χ0) is 14.8. The molecule has 2 N–H and O–H groups in total. The van der Waals surface area contributed by atoms with Crippen LogP contribution in [-0.4, -0.2) is 47.7 Å². The summed E-state index contributed by atoms with van der Waals surface area (Å²) in [5, 5.41) is 12.6. The standard InChI is InChI=1S/C16H21FN2O2/c17-13-3-1-11(2-4-13)7-12-5-6-19(10-12)16(21)15-8-14(20)9-18-15/h1-4,12,14-15,18,20H,5-10H2. The average molecular weight is 292 g/mol. The third-order valence-corrected chi connectivity index (χ3v) is 4.44. The summed E-state index contributed by atoms with van der Waals surface area (Å²) in [4.78, 5) is 14.2. The first-order valence-corrected chi connectivity index (χ1v) is 7.56. The molecule has 1 amide bonds. The Morgan fingerprint density at radius 2 is 2.14 bits per heavy atom. The monoisotopic (exact) mass is 292 g/mol. The molecule has 1 aromatic carbocycles. The summed E-state index contributed by atoms with van der Waals surface area (Å²) < 4.78 is 12.9. The molecule has 2 aliphatic heterocycles. The number of halogens is 1. The lowest BCUT2D eigenvalue weighted by molar-refractivity contribution is -0.132. The van der Waals surface area contributed by atoms with E-state index in [2.05, 4.69) is 5.32 Å². The summed E-state index contributed by atoms with van der Waals surface area (Å²) in [6.07, 6.45) is 1.97. The molecule has 2 saturated heterocycles. The van der Waals surface area contributed by atoms with Crippen LogP contribution in [0.1, 0.15) is 18.4 Å². The van der Waals surface area contributed by atoms with Crippen molar-refractivity contribution in [3.63, 3.8) is 0 Å². The highest BCUT2D eigenvalue weighted by molar-refractivity contribution is 5.82. The lowest BCUT2D eigenvalue weighted by Crippen LogP contribution is -2.42. The average Bonchev–Trinajstić information content (AvgIpc) is 3.10. The Labute approximate surface area is 124 Å². The summed E-state index contributed by atoms with van der Waals surface area (Å²) in [6, 6.07) is 6.36. The van der Waals surface area contributed by atoms with E-state index in [1.54, 1.807) is 0 Å². The lowest BCUT2D eigenvalue weighted by Gasteiger charge is -2.20. The van der Waals surface area contributed by atoms with Gasteiger partial charge in [0, 0.05) is 19.6 Å². The second kappa shape index (κ2) is 6.12. The summed E-state index contributed by atoms with van der Waals surface area (Å²) in [5.74, 6) is 0.326. The van der Waals surface area contributed by atoms with Crippen LogP contribution in [-0.2, 0) is 11.2 Å². The number of likely N-dealkylation sites (tertiary alicyclic amines) is 1. The Morgan fingerprint density at radius 1 is 1.38 bits per heavy atom. The number of hydrogen-bond donors (Lipinski definition) is 2. The molecular weight excluding hydrogens is 271 g/mol. The van der Waals surface area contributed by atoms with Gasteiger partial charge in [0.05, 0.1) is 12.1 Å². The number of nitrogens with one attached hydrogen (secondary N) is 1. The maximum absolute atomic E-state index is 12.9. The summed E-state index contributed by atoms with van der Waals surface area (Å²) in [6.45, 7) is 2.03. The molecule has 2 fully saturated rings. The van der Waals surface area contributed by atoms with Gasteiger partial charge < -0.3 is 15.3 Å². The Balaban J connectivity index is 1.53. The molecule has 5 heteroatoms. The first kappa shape index (κ1) is 14.5. The summed E-state index contributed by atoms with van der Waals surface area (Å²) in [5.41, 5.74) is 1.12. The van der Waals surface area contributed by atoms with E-state index in [1.165, 1.54) is 12.1 Å². The van der Waals surface area contributed by atoms with Gasteiger partial charge in [-0.05, 0) is 42.9 Å². The number of rotatable bonds is 3. The van der Waals surface area contributed by atoms with Gasteiger partial charge in [0.15, 0.2) is 0 Å². The third-order valence-electron chi connectivity index (χ3n) is 4.44. The maximum Gasteiger partial charge on any atom is 0.239 e. The number of amides is 1. The largest absolute Gasteiger partial charge is 0.392 e. The van der Waals surface area contributed by atoms with E-state index in [0.29, 0.717) is 18.9 Å². The van der Waals surface area contributed by atoms with E-state index in [-0.39, 0.29) is 17.8 Å². The fourth-order valence-corrected chi connectivity index (χ4v) is 3.28. The first-order valence-electron chi connectivity index (χ1n) is 7.56. The van der Waals surface area contributed by atoms with Crippen molar-refractivity contribution >= 4 is 5.91 Å². The van der Waals surface area contributed by atoms with Gasteiger partial charge in [-0.25, -0.2) is 4.39 Å². The van der Waals surface area contributed by atoms with Crippen molar-refractivity contribution in [3.05, 3.63) is 35.6 Å². The van der Waals surface area contributed by atoms with E-state index in [1.807, 2.05) is 17.0 Å². The van der Waals surface area contributed by atoms with E-state index >= 15 is 0 Å². The molecule has 2 heterocycles. The minimum Gasteiger partial charge on any atom is -0.392 e. The number of nitrogens with zero attached hydrogens (tertiary/aromatic N) is 1. The topological polar surface area (TPSA) is 52.6 Å². The van der Waals surface area contributed by atoms with Crippen LogP contribution < -0.4 is 5.32 Å². The summed E-state index contributed by atoms with van der Waals surface area (Å²) >= 11 is 0. The first-order chi connectivity index (χ1) is 10.1. The molecule has 1 aromatic rings. The molecular formula is C16H21FN2O2. The highest BCUT2D eigenvalue weighted by atomic mass is 19.1. The summed E-state index contributed by atoms with van der Waals surface area (Å²) in [7, 11) is 0. The highest BCUT2D eigenvalue weighted by Crippen LogP contribution is 2.23. The predicted molar refractivity (Wildman–Crippen MR) is 77.2 cm³/mol. The molecule has 3 unspecified atom stereocenters. The molecule has 3 atom stereocenters. The molecule has 4 nitrogen and oxygen atoms in total. The Hall–Kier alpha value is -1.46. The van der Waals surface area contributed by atoms with E-state index < -0.39 is 6.10 Å². The predicted octanol–water partition coefficient (Wildman–Crippen LogP) is 0.940. The zero-order valence-corrected chi connectivity index (χ0v) is 12.0. The van der Waals surface area contributed by atoms with Gasteiger partial charge in [-0.2, -0.15) is 0 Å². The fraction of sp³-hybridized carbons (Fsp3) is 0.562. The SMILES string of the molecule is O=C(C1CC(O)CN1)N1CCC(Cc2ccc(F)cc2)C1. The number of hydrogen-bond acceptors (Lipinski definition) is 3. The molecule has 2 aliphatic rings. The van der Waals surface area contributed by atoms with Crippen LogP contribution >= 0.6 is 0 Å². The van der Waals surface area contributed by atoms with Gasteiger partial charge in [0.25, 0.3) is 0 Å². The number of carbonyl (C=O) groups excluding carboxylic acids is 1. The van der Waals surface area contributed by atoms with Crippen LogP contribution in [0, 0.1) is 11.7 Å². The Morgan fingerprint density at radius 3 is 2.81 bits per heavy atom. The van der Waals surface area contributed by atoms with Crippen molar-refractivity contribution in [2.24, 2.45) is 5.92 Å². The quantitative estimate of drug-likeness (QED) is 0.872. The molecule has 0 bridgehead atoms. The van der Waals surface area contributed by atoms with Crippen LogP contribution in [0.2, 0.25) is 0 Å². The van der Waals surface area contributed by atoms with Crippen molar-refractivity contribution in [3.8, 4) is 0 Å².